The van der Waals surface area contributed by atoms with Crippen LogP contribution in [0, 0.1) is 17.3 Å². The monoisotopic (exact) mass is 294 g/mol. The van der Waals surface area contributed by atoms with E-state index in [9.17, 15) is 9.59 Å². The van der Waals surface area contributed by atoms with Gasteiger partial charge in [-0.25, -0.2) is 0 Å². The number of amides is 1. The summed E-state index contributed by atoms with van der Waals surface area (Å²) in [5.74, 6) is 0.235. The van der Waals surface area contributed by atoms with Crippen LogP contribution < -0.4 is 5.32 Å². The number of carbonyl (C=O) groups excluding carboxylic acids is 2. The van der Waals surface area contributed by atoms with Gasteiger partial charge in [0.25, 0.3) is 0 Å². The number of nitrogens with one attached hydrogen (secondary N) is 1. The molecular weight excluding hydrogens is 268 g/mol. The van der Waals surface area contributed by atoms with Crippen LogP contribution in [-0.2, 0) is 14.3 Å². The van der Waals surface area contributed by atoms with Crippen LogP contribution in [-0.4, -0.2) is 49.6 Å². The third kappa shape index (κ3) is 2.93. The Morgan fingerprint density at radius 3 is 2.81 bits per heavy atom. The van der Waals surface area contributed by atoms with Gasteiger partial charge >= 0.3 is 5.97 Å². The van der Waals surface area contributed by atoms with Crippen molar-refractivity contribution < 1.29 is 14.3 Å². The topological polar surface area (TPSA) is 58.6 Å². The van der Waals surface area contributed by atoms with Gasteiger partial charge in [-0.15, -0.1) is 0 Å². The molecule has 0 radical (unpaired) electrons. The summed E-state index contributed by atoms with van der Waals surface area (Å²) in [7, 11) is 0. The van der Waals surface area contributed by atoms with Crippen LogP contribution in [0.5, 0.6) is 0 Å². The van der Waals surface area contributed by atoms with Crippen molar-refractivity contribution >= 4 is 11.9 Å². The number of carbonyl (C=O) groups is 2. The highest BCUT2D eigenvalue weighted by atomic mass is 16.5. The van der Waals surface area contributed by atoms with E-state index in [2.05, 4.69) is 5.32 Å². The third-order valence-corrected chi connectivity index (χ3v) is 5.44. The molecule has 1 spiro atoms. The second-order valence-electron chi connectivity index (χ2n) is 6.74. The van der Waals surface area contributed by atoms with E-state index in [0.29, 0.717) is 13.2 Å². The van der Waals surface area contributed by atoms with E-state index in [4.69, 9.17) is 4.74 Å². The molecule has 21 heavy (non-hydrogen) atoms. The number of ether oxygens (including phenoxy) is 1. The Balaban J connectivity index is 1.57. The zero-order valence-corrected chi connectivity index (χ0v) is 12.9. The van der Waals surface area contributed by atoms with Gasteiger partial charge in [0.2, 0.25) is 5.91 Å². The van der Waals surface area contributed by atoms with E-state index < -0.39 is 0 Å². The zero-order valence-electron chi connectivity index (χ0n) is 12.9. The van der Waals surface area contributed by atoms with Gasteiger partial charge in [-0.3, -0.25) is 9.59 Å². The van der Waals surface area contributed by atoms with E-state index in [0.717, 1.165) is 51.7 Å². The van der Waals surface area contributed by atoms with Gasteiger partial charge in [-0.1, -0.05) is 0 Å². The molecule has 0 bridgehead atoms. The van der Waals surface area contributed by atoms with Crippen LogP contribution in [0.15, 0.2) is 0 Å². The number of piperidine rings is 2. The highest BCUT2D eigenvalue weighted by Gasteiger charge is 2.58. The van der Waals surface area contributed by atoms with E-state index in [1.54, 1.807) is 0 Å². The quantitative estimate of drug-likeness (QED) is 0.794. The summed E-state index contributed by atoms with van der Waals surface area (Å²) < 4.78 is 5.11. The lowest BCUT2D eigenvalue weighted by Crippen LogP contribution is -2.44. The molecule has 3 aliphatic rings. The fraction of sp³-hybridized carbons (Fsp3) is 0.875. The molecule has 2 aliphatic heterocycles. The number of hydrogen-bond acceptors (Lipinski definition) is 4. The van der Waals surface area contributed by atoms with Crippen LogP contribution in [0.4, 0.5) is 0 Å². The average molecular weight is 294 g/mol. The van der Waals surface area contributed by atoms with Crippen LogP contribution in [0.3, 0.4) is 0 Å². The predicted molar refractivity (Wildman–Crippen MR) is 78.6 cm³/mol. The predicted octanol–water partition coefficient (Wildman–Crippen LogP) is 1.18. The highest BCUT2D eigenvalue weighted by molar-refractivity contribution is 5.83. The lowest BCUT2D eigenvalue weighted by Gasteiger charge is -2.33. The number of esters is 1. The van der Waals surface area contributed by atoms with Crippen LogP contribution in [0.2, 0.25) is 0 Å². The lowest BCUT2D eigenvalue weighted by molar-refractivity contribution is -0.151. The highest BCUT2D eigenvalue weighted by Crippen LogP contribution is 2.59. The average Bonchev–Trinajstić information content (AvgIpc) is 3.20. The van der Waals surface area contributed by atoms with E-state index in [-0.39, 0.29) is 29.1 Å². The van der Waals surface area contributed by atoms with Gasteiger partial charge in [0.15, 0.2) is 0 Å². The Kier molecular flexibility index (Phi) is 4.20. The summed E-state index contributed by atoms with van der Waals surface area (Å²) in [5.41, 5.74) is 0.277. The number of hydrogen-bond donors (Lipinski definition) is 1. The smallest absolute Gasteiger partial charge is 0.310 e. The van der Waals surface area contributed by atoms with Crippen molar-refractivity contribution in [2.45, 2.75) is 39.0 Å². The third-order valence-electron chi connectivity index (χ3n) is 5.44. The molecule has 0 aromatic heterocycles. The summed E-state index contributed by atoms with van der Waals surface area (Å²) >= 11 is 0. The minimum absolute atomic E-state index is 0.120. The van der Waals surface area contributed by atoms with Gasteiger partial charge in [0.05, 0.1) is 12.5 Å². The Labute approximate surface area is 126 Å². The van der Waals surface area contributed by atoms with Crippen molar-refractivity contribution in [2.75, 3.05) is 32.8 Å². The summed E-state index contributed by atoms with van der Waals surface area (Å²) in [6.07, 6.45) is 5.06. The van der Waals surface area contributed by atoms with E-state index in [1.165, 1.54) is 0 Å². The molecule has 118 valence electrons. The first kappa shape index (κ1) is 14.8. The molecule has 2 atom stereocenters. The molecule has 3 rings (SSSR count). The Bertz CT molecular complexity index is 418. The summed E-state index contributed by atoms with van der Waals surface area (Å²) in [4.78, 5) is 26.5. The molecule has 5 heteroatoms. The Hall–Kier alpha value is -1.10. The normalized spacial score (nSPS) is 31.0. The van der Waals surface area contributed by atoms with Crippen LogP contribution >= 0.6 is 0 Å². The van der Waals surface area contributed by atoms with Crippen molar-refractivity contribution in [1.82, 2.24) is 10.2 Å². The molecular formula is C16H26N2O3. The summed E-state index contributed by atoms with van der Waals surface area (Å²) in [6, 6.07) is 0. The second-order valence-corrected chi connectivity index (χ2v) is 6.74. The van der Waals surface area contributed by atoms with Gasteiger partial charge < -0.3 is 15.0 Å². The maximum atomic E-state index is 12.7. The van der Waals surface area contributed by atoms with Gasteiger partial charge in [-0.05, 0) is 57.5 Å². The molecule has 1 saturated carbocycles. The molecule has 0 aromatic rings. The van der Waals surface area contributed by atoms with Crippen molar-refractivity contribution in [3.63, 3.8) is 0 Å². The first-order chi connectivity index (χ1) is 10.2. The number of nitrogens with zero attached hydrogens (tertiary/aromatic N) is 1. The van der Waals surface area contributed by atoms with Crippen LogP contribution in [0.25, 0.3) is 0 Å². The minimum Gasteiger partial charge on any atom is -0.466 e. The second kappa shape index (κ2) is 5.95. The van der Waals surface area contributed by atoms with E-state index in [1.807, 2.05) is 11.8 Å². The molecule has 2 saturated heterocycles. The molecule has 1 aliphatic carbocycles. The summed E-state index contributed by atoms with van der Waals surface area (Å²) in [5, 5.41) is 3.37. The fourth-order valence-electron chi connectivity index (χ4n) is 4.02. The largest absolute Gasteiger partial charge is 0.466 e. The van der Waals surface area contributed by atoms with Crippen molar-refractivity contribution in [3.8, 4) is 0 Å². The molecule has 1 amide bonds. The molecule has 1 N–H and O–H groups in total. The van der Waals surface area contributed by atoms with Gasteiger partial charge in [-0.2, -0.15) is 0 Å². The minimum atomic E-state index is -0.137. The maximum Gasteiger partial charge on any atom is 0.310 e. The Morgan fingerprint density at radius 1 is 1.33 bits per heavy atom. The fourth-order valence-corrected chi connectivity index (χ4v) is 4.02. The standard InChI is InChI=1S/C16H26N2O3/c1-2-21-15(20)12-4-3-9-18(11-12)14(19)13-10-16(13)5-7-17-8-6-16/h12-13,17H,2-11H2,1H3. The number of likely N-dealkylation sites (tertiary alicyclic amines) is 1. The molecule has 2 heterocycles. The molecule has 2 unspecified atom stereocenters. The molecule has 0 aromatic carbocycles. The SMILES string of the molecule is CCOC(=O)C1CCCN(C(=O)C2CC23CCNCC3)C1. The van der Waals surface area contributed by atoms with Crippen molar-refractivity contribution in [1.29, 1.82) is 0 Å². The van der Waals surface area contributed by atoms with Gasteiger partial charge in [0, 0.05) is 19.0 Å². The van der Waals surface area contributed by atoms with Crippen molar-refractivity contribution in [3.05, 3.63) is 0 Å². The van der Waals surface area contributed by atoms with Crippen LogP contribution in [0.1, 0.15) is 39.0 Å². The number of rotatable bonds is 3. The lowest BCUT2D eigenvalue weighted by atomic mass is 9.91. The summed E-state index contributed by atoms with van der Waals surface area (Å²) in [6.45, 7) is 5.68. The molecule has 5 nitrogen and oxygen atoms in total. The first-order valence-corrected chi connectivity index (χ1v) is 8.32. The Morgan fingerprint density at radius 2 is 2.10 bits per heavy atom. The van der Waals surface area contributed by atoms with Gasteiger partial charge in [0.1, 0.15) is 0 Å². The first-order valence-electron chi connectivity index (χ1n) is 8.32. The zero-order chi connectivity index (χ0) is 14.9. The maximum absolute atomic E-state index is 12.7. The van der Waals surface area contributed by atoms with E-state index >= 15 is 0 Å². The van der Waals surface area contributed by atoms with Crippen molar-refractivity contribution in [2.24, 2.45) is 17.3 Å². The molecule has 3 fully saturated rings.